The van der Waals surface area contributed by atoms with Crippen LogP contribution in [0.15, 0.2) is 30.3 Å². The number of aromatic nitrogens is 2. The van der Waals surface area contributed by atoms with Gasteiger partial charge in [0.25, 0.3) is 0 Å². The van der Waals surface area contributed by atoms with Gasteiger partial charge in [-0.15, -0.1) is 0 Å². The van der Waals surface area contributed by atoms with Gasteiger partial charge in [-0.3, -0.25) is 4.68 Å². The third-order valence-corrected chi connectivity index (χ3v) is 3.74. The van der Waals surface area contributed by atoms with Crippen molar-refractivity contribution in [2.24, 2.45) is 5.14 Å². The topological polar surface area (TPSA) is 78.0 Å². The summed E-state index contributed by atoms with van der Waals surface area (Å²) in [6.45, 7) is 4.29. The number of nitrogens with two attached hydrogens (primary N) is 1. The summed E-state index contributed by atoms with van der Waals surface area (Å²) in [4.78, 5) is 0. The van der Waals surface area contributed by atoms with Gasteiger partial charge in [-0.25, -0.2) is 13.6 Å². The van der Waals surface area contributed by atoms with Crippen LogP contribution in [-0.2, 0) is 22.3 Å². The van der Waals surface area contributed by atoms with Crippen molar-refractivity contribution in [2.75, 3.05) is 0 Å². The van der Waals surface area contributed by atoms with Crippen LogP contribution in [0, 0.1) is 13.8 Å². The predicted octanol–water partition coefficient (Wildman–Crippen LogP) is 1.34. The first kappa shape index (κ1) is 13.8. The number of hydrogen-bond acceptors (Lipinski definition) is 3. The zero-order valence-corrected chi connectivity index (χ0v) is 11.8. The van der Waals surface area contributed by atoms with E-state index in [1.165, 1.54) is 0 Å². The van der Waals surface area contributed by atoms with Crippen molar-refractivity contribution in [2.45, 2.75) is 26.1 Å². The Morgan fingerprint density at radius 3 is 2.42 bits per heavy atom. The molecule has 0 atom stereocenters. The van der Waals surface area contributed by atoms with Gasteiger partial charge in [-0.05, 0) is 19.4 Å². The van der Waals surface area contributed by atoms with Crippen LogP contribution in [0.25, 0.3) is 0 Å². The molecule has 6 heteroatoms. The Morgan fingerprint density at radius 1 is 1.21 bits per heavy atom. The van der Waals surface area contributed by atoms with Crippen molar-refractivity contribution in [1.29, 1.82) is 0 Å². The van der Waals surface area contributed by atoms with E-state index in [4.69, 9.17) is 5.14 Å². The van der Waals surface area contributed by atoms with Gasteiger partial charge < -0.3 is 0 Å². The SMILES string of the molecule is Cc1nn(Cc2ccccc2)c(C)c1CS(N)(=O)=O. The van der Waals surface area contributed by atoms with E-state index >= 15 is 0 Å². The molecular formula is C13H17N3O2S. The number of aryl methyl sites for hydroxylation is 1. The van der Waals surface area contributed by atoms with Gasteiger partial charge in [-0.1, -0.05) is 30.3 Å². The van der Waals surface area contributed by atoms with Crippen LogP contribution in [0.3, 0.4) is 0 Å². The Bertz CT molecular complexity index is 675. The summed E-state index contributed by atoms with van der Waals surface area (Å²) in [5.41, 5.74) is 3.37. The third-order valence-electron chi connectivity index (χ3n) is 3.05. The molecule has 102 valence electrons. The van der Waals surface area contributed by atoms with Crippen LogP contribution in [0.2, 0.25) is 0 Å². The number of primary sulfonamides is 1. The van der Waals surface area contributed by atoms with E-state index in [1.807, 2.05) is 41.9 Å². The van der Waals surface area contributed by atoms with Gasteiger partial charge in [0.05, 0.1) is 18.0 Å². The fourth-order valence-electron chi connectivity index (χ4n) is 2.05. The smallest absolute Gasteiger partial charge is 0.213 e. The summed E-state index contributed by atoms with van der Waals surface area (Å²) in [6, 6.07) is 9.90. The van der Waals surface area contributed by atoms with Gasteiger partial charge in [0.15, 0.2) is 0 Å². The average molecular weight is 279 g/mol. The van der Waals surface area contributed by atoms with Crippen molar-refractivity contribution >= 4 is 10.0 Å². The van der Waals surface area contributed by atoms with E-state index in [1.54, 1.807) is 6.92 Å². The maximum absolute atomic E-state index is 11.2. The normalized spacial score (nSPS) is 11.7. The lowest BCUT2D eigenvalue weighted by Crippen LogP contribution is -2.15. The minimum Gasteiger partial charge on any atom is -0.265 e. The predicted molar refractivity (Wildman–Crippen MR) is 74.1 cm³/mol. The highest BCUT2D eigenvalue weighted by molar-refractivity contribution is 7.88. The van der Waals surface area contributed by atoms with Crippen LogP contribution in [-0.4, -0.2) is 18.2 Å². The third kappa shape index (κ3) is 3.42. The molecule has 2 aromatic rings. The molecule has 1 aromatic carbocycles. The van der Waals surface area contributed by atoms with E-state index in [2.05, 4.69) is 5.10 Å². The van der Waals surface area contributed by atoms with Crippen LogP contribution < -0.4 is 5.14 Å². The molecule has 1 heterocycles. The summed E-state index contributed by atoms with van der Waals surface area (Å²) in [5, 5.41) is 9.49. The van der Waals surface area contributed by atoms with Crippen LogP contribution in [0.4, 0.5) is 0 Å². The minimum atomic E-state index is -3.54. The summed E-state index contributed by atoms with van der Waals surface area (Å²) in [5.74, 6) is -0.167. The van der Waals surface area contributed by atoms with Crippen LogP contribution >= 0.6 is 0 Å². The average Bonchev–Trinajstić information content (AvgIpc) is 2.57. The highest BCUT2D eigenvalue weighted by Gasteiger charge is 2.16. The zero-order valence-electron chi connectivity index (χ0n) is 11.0. The molecule has 0 radical (unpaired) electrons. The van der Waals surface area contributed by atoms with Gasteiger partial charge in [0.2, 0.25) is 10.0 Å². The maximum atomic E-state index is 11.2. The number of nitrogens with zero attached hydrogens (tertiary/aromatic N) is 2. The first-order valence-corrected chi connectivity index (χ1v) is 7.65. The van der Waals surface area contributed by atoms with Crippen LogP contribution in [0.1, 0.15) is 22.5 Å². The van der Waals surface area contributed by atoms with Gasteiger partial charge in [0.1, 0.15) is 0 Å². The molecule has 0 aliphatic carbocycles. The van der Waals surface area contributed by atoms with Crippen molar-refractivity contribution in [3.8, 4) is 0 Å². The van der Waals surface area contributed by atoms with Crippen molar-refractivity contribution in [1.82, 2.24) is 9.78 Å². The molecule has 0 fully saturated rings. The molecule has 0 saturated carbocycles. The fraction of sp³-hybridized carbons (Fsp3) is 0.308. The molecule has 0 bridgehead atoms. The lowest BCUT2D eigenvalue weighted by Gasteiger charge is -2.05. The molecule has 0 saturated heterocycles. The molecule has 2 N–H and O–H groups in total. The Labute approximate surface area is 113 Å². The molecule has 0 aliphatic heterocycles. The van der Waals surface area contributed by atoms with E-state index in [-0.39, 0.29) is 5.75 Å². The van der Waals surface area contributed by atoms with E-state index in [0.717, 1.165) is 11.3 Å². The molecule has 0 spiro atoms. The molecule has 0 aliphatic rings. The number of hydrogen-bond donors (Lipinski definition) is 1. The van der Waals surface area contributed by atoms with Crippen molar-refractivity contribution in [3.63, 3.8) is 0 Å². The molecular weight excluding hydrogens is 262 g/mol. The van der Waals surface area contributed by atoms with E-state index in [9.17, 15) is 8.42 Å². The minimum absolute atomic E-state index is 0.167. The number of benzene rings is 1. The molecule has 0 amide bonds. The quantitative estimate of drug-likeness (QED) is 0.917. The molecule has 2 rings (SSSR count). The first-order valence-electron chi connectivity index (χ1n) is 5.94. The Kier molecular flexibility index (Phi) is 3.73. The monoisotopic (exact) mass is 279 g/mol. The number of rotatable bonds is 4. The molecule has 19 heavy (non-hydrogen) atoms. The van der Waals surface area contributed by atoms with E-state index < -0.39 is 10.0 Å². The maximum Gasteiger partial charge on any atom is 0.213 e. The fourth-order valence-corrected chi connectivity index (χ4v) is 2.87. The van der Waals surface area contributed by atoms with Crippen LogP contribution in [0.5, 0.6) is 0 Å². The summed E-state index contributed by atoms with van der Waals surface area (Å²) in [6.07, 6.45) is 0. The van der Waals surface area contributed by atoms with E-state index in [0.29, 0.717) is 17.8 Å². The molecule has 0 unspecified atom stereocenters. The highest BCUT2D eigenvalue weighted by Crippen LogP contribution is 2.16. The second-order valence-electron chi connectivity index (χ2n) is 4.60. The highest BCUT2D eigenvalue weighted by atomic mass is 32.2. The Hall–Kier alpha value is -1.66. The van der Waals surface area contributed by atoms with Crippen molar-refractivity contribution in [3.05, 3.63) is 52.8 Å². The molecule has 1 aromatic heterocycles. The summed E-state index contributed by atoms with van der Waals surface area (Å²) < 4.78 is 24.2. The number of sulfonamides is 1. The lowest BCUT2D eigenvalue weighted by molar-refractivity contribution is 0.596. The second-order valence-corrected chi connectivity index (χ2v) is 6.21. The lowest BCUT2D eigenvalue weighted by atomic mass is 10.2. The summed E-state index contributed by atoms with van der Waals surface area (Å²) >= 11 is 0. The van der Waals surface area contributed by atoms with Gasteiger partial charge in [-0.2, -0.15) is 5.10 Å². The zero-order chi connectivity index (χ0) is 14.0. The standard InChI is InChI=1S/C13H17N3O2S/c1-10-13(9-19(14,17)18)11(2)16(15-10)8-12-6-4-3-5-7-12/h3-7H,8-9H2,1-2H3,(H2,14,17,18). The first-order chi connectivity index (χ1) is 8.87. The van der Waals surface area contributed by atoms with Gasteiger partial charge in [0, 0.05) is 11.3 Å². The van der Waals surface area contributed by atoms with Gasteiger partial charge >= 0.3 is 0 Å². The Balaban J connectivity index is 2.31. The molecule has 5 nitrogen and oxygen atoms in total. The largest absolute Gasteiger partial charge is 0.265 e. The van der Waals surface area contributed by atoms with Crippen molar-refractivity contribution < 1.29 is 8.42 Å². The summed E-state index contributed by atoms with van der Waals surface area (Å²) in [7, 11) is -3.54. The Morgan fingerprint density at radius 2 is 1.84 bits per heavy atom. The second kappa shape index (κ2) is 5.14.